The zero-order valence-electron chi connectivity index (χ0n) is 10.1. The van der Waals surface area contributed by atoms with E-state index < -0.39 is 0 Å². The Bertz CT molecular complexity index is 723. The van der Waals surface area contributed by atoms with Gasteiger partial charge in [0.15, 0.2) is 0 Å². The average molecular weight is 314 g/mol. The van der Waals surface area contributed by atoms with Crippen molar-refractivity contribution >= 4 is 43.9 Å². The first kappa shape index (κ1) is 12.0. The molecule has 2 aromatic carbocycles. The van der Waals surface area contributed by atoms with Crippen LogP contribution in [-0.4, -0.2) is 4.98 Å². The normalized spacial score (nSPS) is 10.6. The molecule has 0 spiro atoms. The predicted octanol–water partition coefficient (Wildman–Crippen LogP) is 4.32. The van der Waals surface area contributed by atoms with E-state index in [0.29, 0.717) is 5.69 Å². The maximum Gasteiger partial charge on any atom is 0.0724 e. The fourth-order valence-electron chi connectivity index (χ4n) is 1.97. The highest BCUT2D eigenvalue weighted by atomic mass is 79.9. The Labute approximate surface area is 119 Å². The average Bonchev–Trinajstić information content (AvgIpc) is 2.45. The van der Waals surface area contributed by atoms with Crippen LogP contribution < -0.4 is 11.1 Å². The molecule has 0 radical (unpaired) electrons. The van der Waals surface area contributed by atoms with Gasteiger partial charge in [0.1, 0.15) is 0 Å². The zero-order chi connectivity index (χ0) is 13.2. The fourth-order valence-corrected chi connectivity index (χ4v) is 2.24. The molecular weight excluding hydrogens is 302 g/mol. The number of nitrogen functional groups attached to an aromatic ring is 1. The summed E-state index contributed by atoms with van der Waals surface area (Å²) in [5.41, 5.74) is 9.69. The van der Waals surface area contributed by atoms with Crippen molar-refractivity contribution in [3.05, 3.63) is 59.2 Å². The van der Waals surface area contributed by atoms with E-state index in [1.807, 2.05) is 48.5 Å². The summed E-state index contributed by atoms with van der Waals surface area (Å²) in [5.74, 6) is 0. The SMILES string of the molecule is Nc1c(Nc2ccc(Br)cc2)ccc2ncccc12. The molecule has 0 bridgehead atoms. The third-order valence-electron chi connectivity index (χ3n) is 2.95. The maximum absolute atomic E-state index is 6.18. The van der Waals surface area contributed by atoms with Crippen LogP contribution in [0.5, 0.6) is 0 Å². The number of rotatable bonds is 2. The Morgan fingerprint density at radius 3 is 2.58 bits per heavy atom. The lowest BCUT2D eigenvalue weighted by molar-refractivity contribution is 1.41. The van der Waals surface area contributed by atoms with Crippen LogP contribution in [0.4, 0.5) is 17.1 Å². The Balaban J connectivity index is 2.01. The molecule has 3 rings (SSSR count). The number of benzene rings is 2. The predicted molar refractivity (Wildman–Crippen MR) is 83.6 cm³/mol. The summed E-state index contributed by atoms with van der Waals surface area (Å²) in [4.78, 5) is 4.29. The van der Waals surface area contributed by atoms with Crippen molar-refractivity contribution in [1.82, 2.24) is 4.98 Å². The van der Waals surface area contributed by atoms with Gasteiger partial charge < -0.3 is 11.1 Å². The van der Waals surface area contributed by atoms with E-state index in [-0.39, 0.29) is 0 Å². The smallest absolute Gasteiger partial charge is 0.0724 e. The molecule has 0 amide bonds. The number of nitrogens with zero attached hydrogens (tertiary/aromatic N) is 1. The molecule has 0 unspecified atom stereocenters. The molecule has 3 nitrogen and oxygen atoms in total. The van der Waals surface area contributed by atoms with Gasteiger partial charge >= 0.3 is 0 Å². The van der Waals surface area contributed by atoms with Gasteiger partial charge in [0.2, 0.25) is 0 Å². The minimum Gasteiger partial charge on any atom is -0.396 e. The zero-order valence-corrected chi connectivity index (χ0v) is 11.7. The van der Waals surface area contributed by atoms with Gasteiger partial charge in [-0.3, -0.25) is 4.98 Å². The van der Waals surface area contributed by atoms with Crippen LogP contribution >= 0.6 is 15.9 Å². The largest absolute Gasteiger partial charge is 0.396 e. The molecule has 0 fully saturated rings. The van der Waals surface area contributed by atoms with Gasteiger partial charge in [-0.05, 0) is 48.5 Å². The molecule has 0 aliphatic rings. The minimum absolute atomic E-state index is 0.716. The summed E-state index contributed by atoms with van der Waals surface area (Å²) in [7, 11) is 0. The first-order chi connectivity index (χ1) is 9.24. The number of anilines is 3. The molecule has 19 heavy (non-hydrogen) atoms. The number of nitrogens with two attached hydrogens (primary N) is 1. The van der Waals surface area contributed by atoms with Crippen molar-refractivity contribution in [2.75, 3.05) is 11.1 Å². The van der Waals surface area contributed by atoms with Gasteiger partial charge in [0.05, 0.1) is 16.9 Å². The summed E-state index contributed by atoms with van der Waals surface area (Å²) < 4.78 is 1.05. The van der Waals surface area contributed by atoms with Gasteiger partial charge in [-0.1, -0.05) is 15.9 Å². The molecule has 1 heterocycles. The number of aromatic nitrogens is 1. The Morgan fingerprint density at radius 2 is 1.79 bits per heavy atom. The molecule has 3 aromatic rings. The molecule has 0 saturated carbocycles. The molecular formula is C15H12BrN3. The fraction of sp³-hybridized carbons (Fsp3) is 0. The molecule has 0 aliphatic carbocycles. The number of pyridine rings is 1. The number of halogens is 1. The second-order valence-electron chi connectivity index (χ2n) is 4.23. The van der Waals surface area contributed by atoms with Gasteiger partial charge in [0, 0.05) is 21.7 Å². The van der Waals surface area contributed by atoms with Gasteiger partial charge in [0.25, 0.3) is 0 Å². The van der Waals surface area contributed by atoms with Gasteiger partial charge in [-0.2, -0.15) is 0 Å². The number of fused-ring (bicyclic) bond motifs is 1. The monoisotopic (exact) mass is 313 g/mol. The molecule has 0 atom stereocenters. The summed E-state index contributed by atoms with van der Waals surface area (Å²) in [5, 5.41) is 4.28. The number of hydrogen-bond donors (Lipinski definition) is 2. The van der Waals surface area contributed by atoms with Gasteiger partial charge in [-0.25, -0.2) is 0 Å². The highest BCUT2D eigenvalue weighted by molar-refractivity contribution is 9.10. The number of hydrogen-bond acceptors (Lipinski definition) is 3. The minimum atomic E-state index is 0.716. The third kappa shape index (κ3) is 2.39. The van der Waals surface area contributed by atoms with E-state index in [1.165, 1.54) is 0 Å². The lowest BCUT2D eigenvalue weighted by Crippen LogP contribution is -1.97. The van der Waals surface area contributed by atoms with Crippen molar-refractivity contribution in [3.8, 4) is 0 Å². The van der Waals surface area contributed by atoms with Crippen LogP contribution in [0.1, 0.15) is 0 Å². The van der Waals surface area contributed by atoms with E-state index in [2.05, 4.69) is 26.2 Å². The maximum atomic E-state index is 6.18. The summed E-state index contributed by atoms with van der Waals surface area (Å²) in [6, 6.07) is 15.8. The first-order valence-electron chi connectivity index (χ1n) is 5.90. The van der Waals surface area contributed by atoms with E-state index in [9.17, 15) is 0 Å². The molecule has 3 N–H and O–H groups in total. The number of nitrogens with one attached hydrogen (secondary N) is 1. The second kappa shape index (κ2) is 4.90. The quantitative estimate of drug-likeness (QED) is 0.693. The molecule has 4 heteroatoms. The topological polar surface area (TPSA) is 50.9 Å². The van der Waals surface area contributed by atoms with Crippen molar-refractivity contribution in [2.45, 2.75) is 0 Å². The Hall–Kier alpha value is -2.07. The van der Waals surface area contributed by atoms with E-state index in [4.69, 9.17) is 5.73 Å². The van der Waals surface area contributed by atoms with Crippen LogP contribution in [0.2, 0.25) is 0 Å². The van der Waals surface area contributed by atoms with Crippen LogP contribution in [0.15, 0.2) is 59.2 Å². The second-order valence-corrected chi connectivity index (χ2v) is 5.14. The van der Waals surface area contributed by atoms with Crippen molar-refractivity contribution < 1.29 is 0 Å². The van der Waals surface area contributed by atoms with E-state index in [0.717, 1.165) is 26.8 Å². The molecule has 1 aromatic heterocycles. The third-order valence-corrected chi connectivity index (χ3v) is 3.48. The van der Waals surface area contributed by atoms with Crippen LogP contribution in [0.25, 0.3) is 10.9 Å². The summed E-state index contributed by atoms with van der Waals surface area (Å²) in [6.45, 7) is 0. The van der Waals surface area contributed by atoms with Crippen molar-refractivity contribution in [1.29, 1.82) is 0 Å². The first-order valence-corrected chi connectivity index (χ1v) is 6.69. The van der Waals surface area contributed by atoms with Crippen LogP contribution in [0.3, 0.4) is 0 Å². The van der Waals surface area contributed by atoms with Crippen LogP contribution in [-0.2, 0) is 0 Å². The Kier molecular flexibility index (Phi) is 3.09. The van der Waals surface area contributed by atoms with Crippen molar-refractivity contribution in [3.63, 3.8) is 0 Å². The summed E-state index contributed by atoms with van der Waals surface area (Å²) >= 11 is 3.42. The molecule has 94 valence electrons. The lowest BCUT2D eigenvalue weighted by Gasteiger charge is -2.11. The highest BCUT2D eigenvalue weighted by Crippen LogP contribution is 2.30. The molecule has 0 aliphatic heterocycles. The van der Waals surface area contributed by atoms with E-state index >= 15 is 0 Å². The van der Waals surface area contributed by atoms with Gasteiger partial charge in [-0.15, -0.1) is 0 Å². The lowest BCUT2D eigenvalue weighted by atomic mass is 10.1. The highest BCUT2D eigenvalue weighted by Gasteiger charge is 2.05. The molecule has 0 saturated heterocycles. The van der Waals surface area contributed by atoms with Crippen molar-refractivity contribution in [2.24, 2.45) is 0 Å². The van der Waals surface area contributed by atoms with E-state index in [1.54, 1.807) is 6.20 Å². The summed E-state index contributed by atoms with van der Waals surface area (Å²) in [6.07, 6.45) is 1.77. The Morgan fingerprint density at radius 1 is 1.00 bits per heavy atom. The standard InChI is InChI=1S/C15H12BrN3/c16-10-3-5-11(6-4-10)19-14-8-7-13-12(15(14)17)2-1-9-18-13/h1-9,19H,17H2. The van der Waals surface area contributed by atoms with Crippen LogP contribution in [0, 0.1) is 0 Å².